The number of thioether (sulfide) groups is 1. The van der Waals surface area contributed by atoms with Crippen molar-refractivity contribution in [3.8, 4) is 0 Å². The molecule has 0 spiro atoms. The number of ketones is 1. The van der Waals surface area contributed by atoms with Crippen LogP contribution in [0.3, 0.4) is 0 Å². The molecule has 0 N–H and O–H groups in total. The van der Waals surface area contributed by atoms with E-state index < -0.39 is 11.9 Å². The van der Waals surface area contributed by atoms with Crippen LogP contribution < -0.4 is 0 Å². The molecule has 130 valence electrons. The molecule has 0 fully saturated rings. The molecule has 2 aliphatic rings. The van der Waals surface area contributed by atoms with Gasteiger partial charge in [0, 0.05) is 28.2 Å². The highest BCUT2D eigenvalue weighted by atomic mass is 32.2. The third-order valence-electron chi connectivity index (χ3n) is 4.03. The van der Waals surface area contributed by atoms with Gasteiger partial charge in [-0.25, -0.2) is 9.59 Å². The van der Waals surface area contributed by atoms with Gasteiger partial charge in [-0.1, -0.05) is 30.0 Å². The van der Waals surface area contributed by atoms with Gasteiger partial charge >= 0.3 is 11.9 Å². The first-order valence-electron chi connectivity index (χ1n) is 8.16. The van der Waals surface area contributed by atoms with Crippen LogP contribution in [-0.2, 0) is 30.3 Å². The molecule has 0 saturated heterocycles. The monoisotopic (exact) mass is 358 g/mol. The van der Waals surface area contributed by atoms with Gasteiger partial charge in [0.15, 0.2) is 5.78 Å². The fraction of sp³-hybridized carbons (Fsp3) is 0.316. The van der Waals surface area contributed by atoms with Crippen molar-refractivity contribution in [2.75, 3.05) is 13.2 Å². The average molecular weight is 358 g/mol. The molecule has 3 rings (SSSR count). The third kappa shape index (κ3) is 3.26. The van der Waals surface area contributed by atoms with E-state index in [0.29, 0.717) is 16.9 Å². The highest BCUT2D eigenvalue weighted by Crippen LogP contribution is 2.46. The molecule has 1 heterocycles. The standard InChI is InChI=1S/C19H18O5S/c1-3-23-18(21)13-10-14(20)12-9-11-7-5-6-8-15(11)25-17(12)16(13)19(22)24-4-2/h5-8H,3-4,9-10H2,1-2H3. The molecule has 0 radical (unpaired) electrons. The highest BCUT2D eigenvalue weighted by Gasteiger charge is 2.38. The Balaban J connectivity index is 2.12. The lowest BCUT2D eigenvalue weighted by Crippen LogP contribution is -2.27. The number of ether oxygens (including phenoxy) is 2. The molecule has 5 nitrogen and oxygen atoms in total. The first-order chi connectivity index (χ1) is 12.1. The van der Waals surface area contributed by atoms with Crippen molar-refractivity contribution >= 4 is 29.5 Å². The number of fused-ring (bicyclic) bond motifs is 1. The first-order valence-corrected chi connectivity index (χ1v) is 8.98. The van der Waals surface area contributed by atoms with Crippen LogP contribution in [0.15, 0.2) is 50.8 Å². The molecule has 0 aromatic heterocycles. The largest absolute Gasteiger partial charge is 0.463 e. The predicted octanol–water partition coefficient (Wildman–Crippen LogP) is 2.98. The minimum absolute atomic E-state index is 0.0935. The Morgan fingerprint density at radius 1 is 1.04 bits per heavy atom. The van der Waals surface area contributed by atoms with E-state index in [1.807, 2.05) is 24.3 Å². The average Bonchev–Trinajstić information content (AvgIpc) is 2.60. The number of carbonyl (C=O) groups excluding carboxylic acids is 3. The molecule has 1 aliphatic carbocycles. The van der Waals surface area contributed by atoms with E-state index in [4.69, 9.17) is 9.47 Å². The summed E-state index contributed by atoms with van der Waals surface area (Å²) in [7, 11) is 0. The van der Waals surface area contributed by atoms with Gasteiger partial charge in [-0.2, -0.15) is 0 Å². The zero-order valence-electron chi connectivity index (χ0n) is 14.1. The molecule has 1 aromatic rings. The fourth-order valence-electron chi connectivity index (χ4n) is 2.92. The van der Waals surface area contributed by atoms with Crippen molar-refractivity contribution < 1.29 is 23.9 Å². The van der Waals surface area contributed by atoms with Crippen molar-refractivity contribution in [3.63, 3.8) is 0 Å². The van der Waals surface area contributed by atoms with Gasteiger partial charge < -0.3 is 9.47 Å². The van der Waals surface area contributed by atoms with Gasteiger partial charge in [0.05, 0.1) is 24.4 Å². The zero-order valence-corrected chi connectivity index (χ0v) is 14.9. The van der Waals surface area contributed by atoms with Crippen LogP contribution in [0.5, 0.6) is 0 Å². The molecule has 0 atom stereocenters. The van der Waals surface area contributed by atoms with Gasteiger partial charge in [0.1, 0.15) is 0 Å². The number of allylic oxidation sites excluding steroid dienone is 1. The Labute approximate surface area is 150 Å². The Hall–Kier alpha value is -2.34. The second kappa shape index (κ2) is 7.27. The third-order valence-corrected chi connectivity index (χ3v) is 5.30. The molecule has 0 unspecified atom stereocenters. The van der Waals surface area contributed by atoms with E-state index in [0.717, 1.165) is 10.5 Å². The minimum atomic E-state index is -0.634. The van der Waals surface area contributed by atoms with Crippen LogP contribution in [0, 0.1) is 0 Å². The van der Waals surface area contributed by atoms with Crippen molar-refractivity contribution in [2.45, 2.75) is 31.6 Å². The molecular formula is C19H18O5S. The Morgan fingerprint density at radius 3 is 2.44 bits per heavy atom. The number of hydrogen-bond acceptors (Lipinski definition) is 6. The van der Waals surface area contributed by atoms with Crippen molar-refractivity contribution in [1.29, 1.82) is 0 Å². The van der Waals surface area contributed by atoms with Crippen molar-refractivity contribution in [2.24, 2.45) is 0 Å². The lowest BCUT2D eigenvalue weighted by Gasteiger charge is -2.27. The molecule has 1 aliphatic heterocycles. The minimum Gasteiger partial charge on any atom is -0.463 e. The molecule has 6 heteroatoms. The number of carbonyl (C=O) groups is 3. The number of rotatable bonds is 4. The summed E-state index contributed by atoms with van der Waals surface area (Å²) >= 11 is 1.34. The highest BCUT2D eigenvalue weighted by molar-refractivity contribution is 8.03. The Kier molecular flexibility index (Phi) is 5.08. The number of Topliss-reactive ketones (excluding diaryl/α,β-unsaturated/α-hetero) is 1. The summed E-state index contributed by atoms with van der Waals surface area (Å²) in [6.07, 6.45) is 0.324. The first kappa shape index (κ1) is 17.5. The smallest absolute Gasteiger partial charge is 0.339 e. The van der Waals surface area contributed by atoms with E-state index in [1.165, 1.54) is 11.8 Å². The molecular weight excluding hydrogens is 340 g/mol. The van der Waals surface area contributed by atoms with Crippen LogP contribution >= 0.6 is 11.8 Å². The summed E-state index contributed by atoms with van der Waals surface area (Å²) in [4.78, 5) is 39.0. The van der Waals surface area contributed by atoms with Crippen molar-refractivity contribution in [1.82, 2.24) is 0 Å². The van der Waals surface area contributed by atoms with Crippen LogP contribution in [0.1, 0.15) is 25.8 Å². The maximum Gasteiger partial charge on any atom is 0.339 e. The Morgan fingerprint density at radius 2 is 1.72 bits per heavy atom. The van der Waals surface area contributed by atoms with E-state index >= 15 is 0 Å². The maximum atomic E-state index is 12.6. The van der Waals surface area contributed by atoms with Crippen molar-refractivity contribution in [3.05, 3.63) is 51.5 Å². The molecule has 0 amide bonds. The van der Waals surface area contributed by atoms with Crippen LogP contribution in [0.2, 0.25) is 0 Å². The van der Waals surface area contributed by atoms with E-state index in [-0.39, 0.29) is 36.6 Å². The second-order valence-electron chi connectivity index (χ2n) is 5.59. The fourth-order valence-corrected chi connectivity index (χ4v) is 4.18. The van der Waals surface area contributed by atoms with Gasteiger partial charge in [-0.3, -0.25) is 4.79 Å². The number of esters is 2. The van der Waals surface area contributed by atoms with Gasteiger partial charge in [0.2, 0.25) is 0 Å². The van der Waals surface area contributed by atoms with Crippen LogP contribution in [-0.4, -0.2) is 30.9 Å². The van der Waals surface area contributed by atoms with E-state index in [2.05, 4.69) is 0 Å². The van der Waals surface area contributed by atoms with Gasteiger partial charge in [-0.05, 0) is 25.5 Å². The van der Waals surface area contributed by atoms with Crippen LogP contribution in [0.4, 0.5) is 0 Å². The molecule has 1 aromatic carbocycles. The second-order valence-corrected chi connectivity index (χ2v) is 6.64. The topological polar surface area (TPSA) is 69.7 Å². The number of benzene rings is 1. The molecule has 25 heavy (non-hydrogen) atoms. The van der Waals surface area contributed by atoms with Gasteiger partial charge in [-0.15, -0.1) is 0 Å². The summed E-state index contributed by atoms with van der Waals surface area (Å²) in [6, 6.07) is 7.73. The number of hydrogen-bond donors (Lipinski definition) is 0. The lowest BCUT2D eigenvalue weighted by molar-refractivity contribution is -0.142. The summed E-state index contributed by atoms with van der Waals surface area (Å²) in [5.74, 6) is -1.37. The Bertz CT molecular complexity index is 819. The summed E-state index contributed by atoms with van der Waals surface area (Å²) in [6.45, 7) is 3.75. The predicted molar refractivity (Wildman–Crippen MR) is 92.9 cm³/mol. The summed E-state index contributed by atoms with van der Waals surface area (Å²) in [5.41, 5.74) is 1.88. The quantitative estimate of drug-likeness (QED) is 0.771. The summed E-state index contributed by atoms with van der Waals surface area (Å²) < 4.78 is 10.2. The van der Waals surface area contributed by atoms with E-state index in [1.54, 1.807) is 13.8 Å². The molecule has 0 saturated carbocycles. The zero-order chi connectivity index (χ0) is 18.0. The lowest BCUT2D eigenvalue weighted by atomic mass is 9.87. The maximum absolute atomic E-state index is 12.6. The SMILES string of the molecule is CCOC(=O)C1=C(C(=O)OCC)C2=C(Cc3ccccc3S2)C(=O)C1. The molecule has 0 bridgehead atoms. The normalized spacial score (nSPS) is 16.3. The van der Waals surface area contributed by atoms with Gasteiger partial charge in [0.25, 0.3) is 0 Å². The summed E-state index contributed by atoms with van der Waals surface area (Å²) in [5, 5.41) is 0. The van der Waals surface area contributed by atoms with Crippen LogP contribution in [0.25, 0.3) is 0 Å². The van der Waals surface area contributed by atoms with E-state index in [9.17, 15) is 14.4 Å².